The molecule has 0 bridgehead atoms. The molecule has 1 aromatic heterocycles. The molecule has 1 fully saturated rings. The van der Waals surface area contributed by atoms with E-state index in [9.17, 15) is 0 Å². The van der Waals surface area contributed by atoms with Crippen LogP contribution < -0.4 is 5.32 Å². The van der Waals surface area contributed by atoms with Crippen LogP contribution in [0.4, 0.5) is 0 Å². The molecule has 1 saturated carbocycles. The molecule has 1 heterocycles. The minimum Gasteiger partial charge on any atom is -0.331 e. The molecule has 16 heavy (non-hydrogen) atoms. The maximum absolute atomic E-state index is 4.23. The smallest absolute Gasteiger partial charge is 0.0951 e. The molecule has 0 saturated heterocycles. The van der Waals surface area contributed by atoms with Crippen LogP contribution in [0.3, 0.4) is 0 Å². The van der Waals surface area contributed by atoms with Gasteiger partial charge in [-0.05, 0) is 33.6 Å². The summed E-state index contributed by atoms with van der Waals surface area (Å²) in [6.07, 6.45) is 9.26. The second-order valence-electron chi connectivity index (χ2n) is 5.51. The molecule has 0 spiro atoms. The summed E-state index contributed by atoms with van der Waals surface area (Å²) >= 11 is 0. The fourth-order valence-corrected chi connectivity index (χ4v) is 2.57. The van der Waals surface area contributed by atoms with E-state index in [0.29, 0.717) is 11.6 Å². The molecule has 0 amide bonds. The van der Waals surface area contributed by atoms with Crippen LogP contribution in [0.5, 0.6) is 0 Å². The highest BCUT2D eigenvalue weighted by Gasteiger charge is 2.27. The summed E-state index contributed by atoms with van der Waals surface area (Å²) < 4.78 is 2.24. The Morgan fingerprint density at radius 3 is 2.75 bits per heavy atom. The zero-order valence-corrected chi connectivity index (χ0v) is 10.7. The van der Waals surface area contributed by atoms with Gasteiger partial charge in [0, 0.05) is 24.3 Å². The van der Waals surface area contributed by atoms with Gasteiger partial charge in [0.1, 0.15) is 0 Å². The largest absolute Gasteiger partial charge is 0.331 e. The van der Waals surface area contributed by atoms with Crippen molar-refractivity contribution >= 4 is 0 Å². The van der Waals surface area contributed by atoms with Crippen LogP contribution in [0.1, 0.15) is 58.2 Å². The first-order chi connectivity index (χ1) is 7.61. The summed E-state index contributed by atoms with van der Waals surface area (Å²) in [5.41, 5.74) is 1.65. The van der Waals surface area contributed by atoms with Crippen LogP contribution in [0.25, 0.3) is 0 Å². The average Bonchev–Trinajstić information content (AvgIpc) is 2.83. The minimum absolute atomic E-state index is 0.353. The zero-order valence-electron chi connectivity index (χ0n) is 10.7. The summed E-state index contributed by atoms with van der Waals surface area (Å²) in [5, 5.41) is 3.69. The Bertz CT molecular complexity index is 335. The molecule has 2 rings (SSSR count). The van der Waals surface area contributed by atoms with Crippen LogP contribution in [0, 0.1) is 0 Å². The van der Waals surface area contributed by atoms with Crippen molar-refractivity contribution in [2.45, 2.75) is 64.6 Å². The maximum atomic E-state index is 4.23. The Morgan fingerprint density at radius 1 is 1.44 bits per heavy atom. The van der Waals surface area contributed by atoms with E-state index >= 15 is 0 Å². The Labute approximate surface area is 98.3 Å². The van der Waals surface area contributed by atoms with Gasteiger partial charge in [-0.2, -0.15) is 0 Å². The monoisotopic (exact) mass is 221 g/mol. The number of nitrogens with one attached hydrogen (secondary N) is 1. The summed E-state index contributed by atoms with van der Waals surface area (Å²) in [5.74, 6) is 0. The second kappa shape index (κ2) is 4.58. The lowest BCUT2D eigenvalue weighted by molar-refractivity contribution is 0.355. The third kappa shape index (κ3) is 2.46. The van der Waals surface area contributed by atoms with Crippen molar-refractivity contribution in [2.75, 3.05) is 0 Å². The van der Waals surface area contributed by atoms with Crippen molar-refractivity contribution in [3.05, 3.63) is 18.2 Å². The van der Waals surface area contributed by atoms with Gasteiger partial charge in [-0.3, -0.25) is 0 Å². The molecule has 1 aromatic rings. The number of imidazole rings is 1. The van der Waals surface area contributed by atoms with E-state index in [0.717, 1.165) is 6.54 Å². The molecule has 1 aliphatic rings. The quantitative estimate of drug-likeness (QED) is 0.847. The first-order valence-corrected chi connectivity index (χ1v) is 6.36. The predicted octanol–water partition coefficient (Wildman–Crippen LogP) is 2.89. The van der Waals surface area contributed by atoms with E-state index < -0.39 is 0 Å². The Balaban J connectivity index is 1.96. The fourth-order valence-electron chi connectivity index (χ4n) is 2.57. The number of aromatic nitrogens is 2. The molecular weight excluding hydrogens is 198 g/mol. The van der Waals surface area contributed by atoms with Crippen LogP contribution in [0.2, 0.25) is 0 Å². The molecule has 0 aromatic carbocycles. The topological polar surface area (TPSA) is 29.9 Å². The fraction of sp³-hybridized carbons (Fsp3) is 0.769. The van der Waals surface area contributed by atoms with Gasteiger partial charge in [-0.1, -0.05) is 12.8 Å². The van der Waals surface area contributed by atoms with E-state index in [4.69, 9.17) is 0 Å². The molecule has 0 aliphatic heterocycles. The average molecular weight is 221 g/mol. The van der Waals surface area contributed by atoms with E-state index in [-0.39, 0.29) is 0 Å². The molecule has 0 unspecified atom stereocenters. The molecule has 0 atom stereocenters. The molecule has 90 valence electrons. The molecule has 1 N–H and O–H groups in total. The standard InChI is InChI=1S/C13H23N3/c1-11(2)16-10-14-8-12(16)9-15-13(3)6-4-5-7-13/h8,10-11,15H,4-7,9H2,1-3H3. The zero-order chi connectivity index (χ0) is 11.6. The van der Waals surface area contributed by atoms with Gasteiger partial charge in [0.25, 0.3) is 0 Å². The van der Waals surface area contributed by atoms with Crippen LogP contribution in [-0.2, 0) is 6.54 Å². The maximum Gasteiger partial charge on any atom is 0.0951 e. The van der Waals surface area contributed by atoms with Crippen molar-refractivity contribution in [2.24, 2.45) is 0 Å². The summed E-state index contributed by atoms with van der Waals surface area (Å²) in [6.45, 7) is 7.68. The highest BCUT2D eigenvalue weighted by molar-refractivity contribution is 5.01. The van der Waals surface area contributed by atoms with Crippen LogP contribution in [0.15, 0.2) is 12.5 Å². The van der Waals surface area contributed by atoms with Crippen molar-refractivity contribution in [3.63, 3.8) is 0 Å². The molecule has 3 heteroatoms. The number of rotatable bonds is 4. The van der Waals surface area contributed by atoms with E-state index in [1.165, 1.54) is 31.4 Å². The van der Waals surface area contributed by atoms with Gasteiger partial charge in [-0.15, -0.1) is 0 Å². The van der Waals surface area contributed by atoms with Crippen molar-refractivity contribution in [1.29, 1.82) is 0 Å². The van der Waals surface area contributed by atoms with E-state index in [1.807, 2.05) is 12.5 Å². The predicted molar refractivity (Wildman–Crippen MR) is 66.3 cm³/mol. The second-order valence-corrected chi connectivity index (χ2v) is 5.51. The third-order valence-corrected chi connectivity index (χ3v) is 3.71. The van der Waals surface area contributed by atoms with Gasteiger partial charge >= 0.3 is 0 Å². The summed E-state index contributed by atoms with van der Waals surface area (Å²) in [4.78, 5) is 4.23. The minimum atomic E-state index is 0.353. The highest BCUT2D eigenvalue weighted by atomic mass is 15.1. The number of nitrogens with zero attached hydrogens (tertiary/aromatic N) is 2. The normalized spacial score (nSPS) is 19.5. The number of hydrogen-bond acceptors (Lipinski definition) is 2. The van der Waals surface area contributed by atoms with Gasteiger partial charge in [0.2, 0.25) is 0 Å². The molecular formula is C13H23N3. The molecule has 1 aliphatic carbocycles. The lowest BCUT2D eigenvalue weighted by Gasteiger charge is -2.26. The van der Waals surface area contributed by atoms with Crippen LogP contribution >= 0.6 is 0 Å². The lowest BCUT2D eigenvalue weighted by Crippen LogP contribution is -2.39. The molecule has 0 radical (unpaired) electrons. The summed E-state index contributed by atoms with van der Waals surface area (Å²) in [6, 6.07) is 0.496. The summed E-state index contributed by atoms with van der Waals surface area (Å²) in [7, 11) is 0. The third-order valence-electron chi connectivity index (χ3n) is 3.71. The number of hydrogen-bond donors (Lipinski definition) is 1. The van der Waals surface area contributed by atoms with Crippen molar-refractivity contribution in [1.82, 2.24) is 14.9 Å². The van der Waals surface area contributed by atoms with E-state index in [2.05, 4.69) is 35.6 Å². The first-order valence-electron chi connectivity index (χ1n) is 6.36. The molecule has 3 nitrogen and oxygen atoms in total. The van der Waals surface area contributed by atoms with Crippen molar-refractivity contribution < 1.29 is 0 Å². The Kier molecular flexibility index (Phi) is 3.33. The van der Waals surface area contributed by atoms with Crippen molar-refractivity contribution in [3.8, 4) is 0 Å². The first kappa shape index (κ1) is 11.6. The van der Waals surface area contributed by atoms with Crippen LogP contribution in [-0.4, -0.2) is 15.1 Å². The SMILES string of the molecule is CC(C)n1cncc1CNC1(C)CCCC1. The highest BCUT2D eigenvalue weighted by Crippen LogP contribution is 2.29. The van der Waals surface area contributed by atoms with Gasteiger partial charge < -0.3 is 9.88 Å². The Morgan fingerprint density at radius 2 is 2.12 bits per heavy atom. The lowest BCUT2D eigenvalue weighted by atomic mass is 10.0. The van der Waals surface area contributed by atoms with Gasteiger partial charge in [0.15, 0.2) is 0 Å². The Hall–Kier alpha value is -0.830. The van der Waals surface area contributed by atoms with Gasteiger partial charge in [0.05, 0.1) is 12.0 Å². The van der Waals surface area contributed by atoms with E-state index in [1.54, 1.807) is 0 Å². The van der Waals surface area contributed by atoms with Gasteiger partial charge in [-0.25, -0.2) is 4.98 Å².